The number of aryl methyl sites for hydroxylation is 2. The zero-order valence-electron chi connectivity index (χ0n) is 17.9. The predicted molar refractivity (Wildman–Crippen MR) is 122 cm³/mol. The molecule has 0 atom stereocenters. The van der Waals surface area contributed by atoms with Gasteiger partial charge in [-0.15, -0.1) is 0 Å². The maximum absolute atomic E-state index is 13.5. The maximum atomic E-state index is 13.5. The number of thiazole rings is 1. The molecular weight excluding hydrogens is 400 g/mol. The Labute approximate surface area is 180 Å². The molecule has 7 nitrogen and oxygen atoms in total. The number of aromatic nitrogens is 1. The number of nitro groups is 1. The van der Waals surface area contributed by atoms with Crippen molar-refractivity contribution in [3.05, 3.63) is 62.7 Å². The molecule has 3 aromatic rings. The van der Waals surface area contributed by atoms with E-state index in [1.54, 1.807) is 24.0 Å². The first kappa shape index (κ1) is 21.9. The molecule has 30 heavy (non-hydrogen) atoms. The summed E-state index contributed by atoms with van der Waals surface area (Å²) in [5.41, 5.74) is 3.73. The molecule has 0 radical (unpaired) electrons. The molecule has 2 aromatic carbocycles. The van der Waals surface area contributed by atoms with Gasteiger partial charge in [0.2, 0.25) is 0 Å². The van der Waals surface area contributed by atoms with Gasteiger partial charge in [-0.3, -0.25) is 19.8 Å². The Bertz CT molecular complexity index is 1070. The molecule has 1 amide bonds. The third kappa shape index (κ3) is 4.34. The van der Waals surface area contributed by atoms with E-state index in [0.29, 0.717) is 22.8 Å². The number of rotatable bonds is 7. The average molecular weight is 427 g/mol. The largest absolute Gasteiger partial charge is 0.309 e. The summed E-state index contributed by atoms with van der Waals surface area (Å²) < 4.78 is 1.06. The normalized spacial score (nSPS) is 11.3. The number of nitrogens with zero attached hydrogens (tertiary/aromatic N) is 4. The molecule has 0 aliphatic rings. The lowest BCUT2D eigenvalue weighted by atomic mass is 10.1. The summed E-state index contributed by atoms with van der Waals surface area (Å²) in [4.78, 5) is 32.9. The molecule has 0 saturated carbocycles. The fourth-order valence-electron chi connectivity index (χ4n) is 3.39. The van der Waals surface area contributed by atoms with E-state index in [2.05, 4.69) is 11.0 Å². The monoisotopic (exact) mass is 426 g/mol. The molecule has 0 aliphatic heterocycles. The second-order valence-electron chi connectivity index (χ2n) is 7.69. The molecular formula is C22H26N4O3S. The van der Waals surface area contributed by atoms with Gasteiger partial charge in [-0.25, -0.2) is 4.98 Å². The van der Waals surface area contributed by atoms with E-state index in [9.17, 15) is 14.9 Å². The maximum Gasteiger partial charge on any atom is 0.273 e. The molecule has 0 spiro atoms. The van der Waals surface area contributed by atoms with Gasteiger partial charge in [0.15, 0.2) is 5.13 Å². The van der Waals surface area contributed by atoms with Crippen molar-refractivity contribution in [2.45, 2.75) is 27.2 Å². The molecule has 0 bridgehead atoms. The van der Waals surface area contributed by atoms with Crippen molar-refractivity contribution in [3.8, 4) is 0 Å². The standard InChI is InChI=1S/C22H26N4O3S/c1-14-10-11-15(2)20-19(14)23-22(30-20)25(13-7-12-24(4)5)21(27)17-8-6-9-18(16(17)3)26(28)29/h6,8-11H,7,12-13H2,1-5H3. The van der Waals surface area contributed by atoms with Crippen molar-refractivity contribution in [2.24, 2.45) is 0 Å². The molecule has 0 aliphatic carbocycles. The van der Waals surface area contributed by atoms with Crippen LogP contribution < -0.4 is 4.90 Å². The van der Waals surface area contributed by atoms with Crippen LogP contribution in [-0.2, 0) is 0 Å². The van der Waals surface area contributed by atoms with Crippen LogP contribution in [0.3, 0.4) is 0 Å². The second-order valence-corrected chi connectivity index (χ2v) is 8.67. The van der Waals surface area contributed by atoms with Crippen LogP contribution in [-0.4, -0.2) is 47.9 Å². The van der Waals surface area contributed by atoms with Crippen molar-refractivity contribution >= 4 is 38.3 Å². The topological polar surface area (TPSA) is 79.6 Å². The van der Waals surface area contributed by atoms with Gasteiger partial charge in [-0.05, 0) is 65.0 Å². The van der Waals surface area contributed by atoms with Crippen LogP contribution in [0.2, 0.25) is 0 Å². The minimum atomic E-state index is -0.451. The highest BCUT2D eigenvalue weighted by molar-refractivity contribution is 7.22. The number of hydrogen-bond donors (Lipinski definition) is 0. The summed E-state index contributed by atoms with van der Waals surface area (Å²) in [5.74, 6) is -0.260. The summed E-state index contributed by atoms with van der Waals surface area (Å²) in [6.07, 6.45) is 0.764. The van der Waals surface area contributed by atoms with Crippen molar-refractivity contribution in [1.82, 2.24) is 9.88 Å². The number of carbonyl (C=O) groups excluding carboxylic acids is 1. The van der Waals surface area contributed by atoms with E-state index in [0.717, 1.165) is 34.3 Å². The highest BCUT2D eigenvalue weighted by atomic mass is 32.1. The lowest BCUT2D eigenvalue weighted by Crippen LogP contribution is -2.34. The second kappa shape index (κ2) is 8.89. The number of benzene rings is 2. The Balaban J connectivity index is 2.06. The molecule has 0 unspecified atom stereocenters. The number of anilines is 1. The molecule has 3 rings (SSSR count). The van der Waals surface area contributed by atoms with Crippen LogP contribution in [0.4, 0.5) is 10.8 Å². The Morgan fingerprint density at radius 1 is 1.10 bits per heavy atom. The van der Waals surface area contributed by atoms with Crippen molar-refractivity contribution in [3.63, 3.8) is 0 Å². The summed E-state index contributed by atoms with van der Waals surface area (Å²) >= 11 is 1.49. The quantitative estimate of drug-likeness (QED) is 0.403. The summed E-state index contributed by atoms with van der Waals surface area (Å²) in [5, 5.41) is 12.0. The van der Waals surface area contributed by atoms with E-state index < -0.39 is 4.92 Å². The van der Waals surface area contributed by atoms with Crippen molar-refractivity contribution < 1.29 is 9.72 Å². The van der Waals surface area contributed by atoms with Gasteiger partial charge in [0, 0.05) is 23.7 Å². The van der Waals surface area contributed by atoms with Gasteiger partial charge in [0.25, 0.3) is 11.6 Å². The number of carbonyl (C=O) groups is 1. The van der Waals surface area contributed by atoms with Crippen LogP contribution in [0, 0.1) is 30.9 Å². The minimum absolute atomic E-state index is 0.0509. The van der Waals surface area contributed by atoms with Gasteiger partial charge in [-0.2, -0.15) is 0 Å². The van der Waals surface area contributed by atoms with Gasteiger partial charge in [-0.1, -0.05) is 29.5 Å². The van der Waals surface area contributed by atoms with Gasteiger partial charge >= 0.3 is 0 Å². The third-order valence-electron chi connectivity index (χ3n) is 5.13. The first-order valence-corrected chi connectivity index (χ1v) is 10.6. The highest BCUT2D eigenvalue weighted by Gasteiger charge is 2.26. The Kier molecular flexibility index (Phi) is 6.48. The molecule has 8 heteroatoms. The minimum Gasteiger partial charge on any atom is -0.309 e. The van der Waals surface area contributed by atoms with Gasteiger partial charge in [0.1, 0.15) is 0 Å². The SMILES string of the molecule is Cc1c(C(=O)N(CCCN(C)C)c2nc3c(C)ccc(C)c3s2)cccc1[N+](=O)[O-]. The Morgan fingerprint density at radius 2 is 1.80 bits per heavy atom. The number of hydrogen-bond acceptors (Lipinski definition) is 6. The molecule has 158 valence electrons. The van der Waals surface area contributed by atoms with Gasteiger partial charge in [0.05, 0.1) is 15.1 Å². The zero-order valence-corrected chi connectivity index (χ0v) is 18.7. The molecule has 1 heterocycles. The average Bonchev–Trinajstić information content (AvgIpc) is 3.14. The summed E-state index contributed by atoms with van der Waals surface area (Å²) in [6, 6.07) is 8.72. The first-order chi connectivity index (χ1) is 14.2. The Morgan fingerprint density at radius 3 is 2.43 bits per heavy atom. The lowest BCUT2D eigenvalue weighted by molar-refractivity contribution is -0.385. The van der Waals surface area contributed by atoms with E-state index >= 15 is 0 Å². The fourth-order valence-corrected chi connectivity index (χ4v) is 4.53. The zero-order chi connectivity index (χ0) is 22.0. The van der Waals surface area contributed by atoms with Gasteiger partial charge < -0.3 is 4.90 Å². The molecule has 0 N–H and O–H groups in total. The fraction of sp³-hybridized carbons (Fsp3) is 0.364. The molecule has 0 saturated heterocycles. The smallest absolute Gasteiger partial charge is 0.273 e. The van der Waals surface area contributed by atoms with E-state index in [-0.39, 0.29) is 11.6 Å². The van der Waals surface area contributed by atoms with Crippen LogP contribution in [0.1, 0.15) is 33.5 Å². The van der Waals surface area contributed by atoms with Crippen LogP contribution in [0.5, 0.6) is 0 Å². The van der Waals surface area contributed by atoms with E-state index in [1.165, 1.54) is 17.4 Å². The molecule has 1 aromatic heterocycles. The highest BCUT2D eigenvalue weighted by Crippen LogP contribution is 2.34. The number of fused-ring (bicyclic) bond motifs is 1. The summed E-state index contributed by atoms with van der Waals surface area (Å²) in [7, 11) is 3.97. The van der Waals surface area contributed by atoms with E-state index in [1.807, 2.05) is 34.0 Å². The van der Waals surface area contributed by atoms with E-state index in [4.69, 9.17) is 4.98 Å². The van der Waals surface area contributed by atoms with Crippen LogP contribution in [0.25, 0.3) is 10.2 Å². The van der Waals surface area contributed by atoms with Crippen molar-refractivity contribution in [2.75, 3.05) is 32.1 Å². The molecule has 0 fully saturated rings. The summed E-state index contributed by atoms with van der Waals surface area (Å²) in [6.45, 7) is 6.97. The van der Waals surface area contributed by atoms with Crippen LogP contribution in [0.15, 0.2) is 30.3 Å². The predicted octanol–water partition coefficient (Wildman–Crippen LogP) is 4.73. The van der Waals surface area contributed by atoms with Crippen LogP contribution >= 0.6 is 11.3 Å². The lowest BCUT2D eigenvalue weighted by Gasteiger charge is -2.21. The van der Waals surface area contributed by atoms with Crippen molar-refractivity contribution in [1.29, 1.82) is 0 Å². The third-order valence-corrected chi connectivity index (χ3v) is 6.34. The first-order valence-electron chi connectivity index (χ1n) is 9.78. The number of amides is 1. The Hall–Kier alpha value is -2.84. The number of nitro benzene ring substituents is 1.